The van der Waals surface area contributed by atoms with Gasteiger partial charge < -0.3 is 5.32 Å². The van der Waals surface area contributed by atoms with Crippen LogP contribution in [-0.2, 0) is 16.3 Å². The van der Waals surface area contributed by atoms with Crippen LogP contribution in [0.1, 0.15) is 25.3 Å². The van der Waals surface area contributed by atoms with Crippen molar-refractivity contribution in [3.05, 3.63) is 35.6 Å². The summed E-state index contributed by atoms with van der Waals surface area (Å²) in [5, 5.41) is 3.10. The summed E-state index contributed by atoms with van der Waals surface area (Å²) in [5.74, 6) is 0.492. The summed E-state index contributed by atoms with van der Waals surface area (Å²) in [6.07, 6.45) is 2.07. The van der Waals surface area contributed by atoms with Crippen LogP contribution in [-0.4, -0.2) is 33.5 Å². The summed E-state index contributed by atoms with van der Waals surface area (Å²) in [7, 11) is -1.07. The van der Waals surface area contributed by atoms with Gasteiger partial charge in [0.2, 0.25) is 0 Å². The molecule has 0 amide bonds. The van der Waals surface area contributed by atoms with E-state index in [9.17, 15) is 12.8 Å². The SMILES string of the molecule is CCCS(=O)(=O)CCC(CNC)Cc1ccc(F)cc1. The lowest BCUT2D eigenvalue weighted by Gasteiger charge is -2.16. The number of hydrogen-bond donors (Lipinski definition) is 1. The number of hydrogen-bond acceptors (Lipinski definition) is 3. The van der Waals surface area contributed by atoms with Gasteiger partial charge in [-0.15, -0.1) is 0 Å². The molecule has 0 aliphatic carbocycles. The number of benzene rings is 1. The maximum Gasteiger partial charge on any atom is 0.150 e. The smallest absolute Gasteiger partial charge is 0.150 e. The Labute approximate surface area is 121 Å². The summed E-state index contributed by atoms with van der Waals surface area (Å²) < 4.78 is 36.4. The Bertz CT molecular complexity index is 485. The van der Waals surface area contributed by atoms with Crippen molar-refractivity contribution in [1.82, 2.24) is 5.32 Å². The van der Waals surface area contributed by atoms with Crippen LogP contribution in [0.3, 0.4) is 0 Å². The van der Waals surface area contributed by atoms with E-state index in [1.165, 1.54) is 12.1 Å². The first kappa shape index (κ1) is 17.1. The Balaban J connectivity index is 2.58. The Kier molecular flexibility index (Phi) is 7.16. The van der Waals surface area contributed by atoms with Crippen molar-refractivity contribution < 1.29 is 12.8 Å². The fourth-order valence-corrected chi connectivity index (χ4v) is 3.80. The first-order chi connectivity index (χ1) is 9.46. The molecule has 0 fully saturated rings. The highest BCUT2D eigenvalue weighted by Crippen LogP contribution is 2.14. The molecule has 1 aromatic carbocycles. The van der Waals surface area contributed by atoms with Crippen LogP contribution in [0.4, 0.5) is 4.39 Å². The van der Waals surface area contributed by atoms with Crippen LogP contribution in [0.5, 0.6) is 0 Å². The molecule has 0 bridgehead atoms. The number of nitrogens with one attached hydrogen (secondary N) is 1. The first-order valence-electron chi connectivity index (χ1n) is 7.06. The Morgan fingerprint density at radius 2 is 1.85 bits per heavy atom. The lowest BCUT2D eigenvalue weighted by atomic mass is 9.97. The summed E-state index contributed by atoms with van der Waals surface area (Å²) in [6.45, 7) is 2.64. The van der Waals surface area contributed by atoms with Crippen LogP contribution in [0.25, 0.3) is 0 Å². The van der Waals surface area contributed by atoms with E-state index in [-0.39, 0.29) is 23.2 Å². The Morgan fingerprint density at radius 1 is 1.20 bits per heavy atom. The normalized spacial score (nSPS) is 13.3. The second-order valence-corrected chi connectivity index (χ2v) is 7.50. The van der Waals surface area contributed by atoms with Gasteiger partial charge in [-0.1, -0.05) is 19.1 Å². The van der Waals surface area contributed by atoms with E-state index in [2.05, 4.69) is 5.32 Å². The van der Waals surface area contributed by atoms with Gasteiger partial charge in [-0.3, -0.25) is 0 Å². The van der Waals surface area contributed by atoms with E-state index in [1.54, 1.807) is 12.1 Å². The van der Waals surface area contributed by atoms with Gasteiger partial charge in [-0.05, 0) is 56.5 Å². The third-order valence-electron chi connectivity index (χ3n) is 3.28. The molecule has 1 unspecified atom stereocenters. The average molecular weight is 301 g/mol. The van der Waals surface area contributed by atoms with E-state index < -0.39 is 9.84 Å². The third kappa shape index (κ3) is 6.48. The van der Waals surface area contributed by atoms with Crippen molar-refractivity contribution in [2.45, 2.75) is 26.2 Å². The maximum atomic E-state index is 12.9. The molecule has 20 heavy (non-hydrogen) atoms. The standard InChI is InChI=1S/C15H24FNO2S/c1-3-9-20(18,19)10-8-14(12-17-2)11-13-4-6-15(16)7-5-13/h4-7,14,17H,3,8-12H2,1-2H3. The predicted octanol–water partition coefficient (Wildman–Crippen LogP) is 2.42. The molecule has 5 heteroatoms. The quantitative estimate of drug-likeness (QED) is 0.762. The second kappa shape index (κ2) is 8.37. The van der Waals surface area contributed by atoms with Gasteiger partial charge in [0.1, 0.15) is 15.7 Å². The molecule has 1 rings (SSSR count). The Morgan fingerprint density at radius 3 is 2.40 bits per heavy atom. The molecule has 0 radical (unpaired) electrons. The third-order valence-corrected chi connectivity index (χ3v) is 5.17. The molecule has 1 aromatic rings. The van der Waals surface area contributed by atoms with Crippen molar-refractivity contribution in [3.63, 3.8) is 0 Å². The molecule has 3 nitrogen and oxygen atoms in total. The minimum absolute atomic E-state index is 0.231. The second-order valence-electron chi connectivity index (χ2n) is 5.19. The van der Waals surface area contributed by atoms with Gasteiger partial charge in [0.05, 0.1) is 5.75 Å². The molecule has 1 N–H and O–H groups in total. The number of halogens is 1. The molecule has 0 heterocycles. The fraction of sp³-hybridized carbons (Fsp3) is 0.600. The molecule has 0 aliphatic heterocycles. The predicted molar refractivity (Wildman–Crippen MR) is 81.1 cm³/mol. The van der Waals surface area contributed by atoms with E-state index >= 15 is 0 Å². The highest BCUT2D eigenvalue weighted by Gasteiger charge is 2.15. The number of rotatable bonds is 9. The lowest BCUT2D eigenvalue weighted by molar-refractivity contribution is 0.477. The molecular weight excluding hydrogens is 277 g/mol. The first-order valence-corrected chi connectivity index (χ1v) is 8.88. The van der Waals surface area contributed by atoms with Crippen molar-refractivity contribution in [2.24, 2.45) is 5.92 Å². The van der Waals surface area contributed by atoms with Gasteiger partial charge in [0, 0.05) is 5.75 Å². The monoisotopic (exact) mass is 301 g/mol. The molecule has 0 saturated carbocycles. The minimum atomic E-state index is -2.93. The van der Waals surface area contributed by atoms with Crippen LogP contribution in [0.15, 0.2) is 24.3 Å². The van der Waals surface area contributed by atoms with Crippen molar-refractivity contribution in [1.29, 1.82) is 0 Å². The summed E-state index contributed by atoms with van der Waals surface area (Å²) in [6, 6.07) is 6.41. The minimum Gasteiger partial charge on any atom is -0.319 e. The van der Waals surface area contributed by atoms with Gasteiger partial charge in [0.15, 0.2) is 0 Å². The molecule has 1 atom stereocenters. The molecule has 0 aliphatic rings. The van der Waals surface area contributed by atoms with Gasteiger partial charge in [-0.25, -0.2) is 12.8 Å². The zero-order chi connectivity index (χ0) is 15.0. The zero-order valence-corrected chi connectivity index (χ0v) is 13.0. The van der Waals surface area contributed by atoms with Gasteiger partial charge in [0.25, 0.3) is 0 Å². The maximum absolute atomic E-state index is 12.9. The average Bonchev–Trinajstić information content (AvgIpc) is 2.39. The van der Waals surface area contributed by atoms with Crippen LogP contribution in [0, 0.1) is 11.7 Å². The largest absolute Gasteiger partial charge is 0.319 e. The highest BCUT2D eigenvalue weighted by atomic mass is 32.2. The van der Waals surface area contributed by atoms with E-state index in [4.69, 9.17) is 0 Å². The van der Waals surface area contributed by atoms with E-state index in [0.29, 0.717) is 12.8 Å². The van der Waals surface area contributed by atoms with Crippen LogP contribution >= 0.6 is 0 Å². The van der Waals surface area contributed by atoms with Crippen molar-refractivity contribution in [2.75, 3.05) is 25.1 Å². The fourth-order valence-electron chi connectivity index (χ4n) is 2.28. The number of sulfone groups is 1. The van der Waals surface area contributed by atoms with Crippen LogP contribution in [0.2, 0.25) is 0 Å². The molecule has 0 spiro atoms. The summed E-state index contributed by atoms with van der Waals surface area (Å²) in [4.78, 5) is 0. The summed E-state index contributed by atoms with van der Waals surface area (Å²) >= 11 is 0. The van der Waals surface area contributed by atoms with E-state index in [1.807, 2.05) is 14.0 Å². The molecular formula is C15H24FNO2S. The molecule has 114 valence electrons. The highest BCUT2D eigenvalue weighted by molar-refractivity contribution is 7.91. The molecule has 0 saturated heterocycles. The lowest BCUT2D eigenvalue weighted by Crippen LogP contribution is -2.24. The molecule has 0 aromatic heterocycles. The summed E-state index contributed by atoms with van der Waals surface area (Å²) in [5.41, 5.74) is 1.04. The van der Waals surface area contributed by atoms with Crippen molar-refractivity contribution >= 4 is 9.84 Å². The van der Waals surface area contributed by atoms with Gasteiger partial charge >= 0.3 is 0 Å². The zero-order valence-electron chi connectivity index (χ0n) is 12.2. The van der Waals surface area contributed by atoms with Crippen molar-refractivity contribution in [3.8, 4) is 0 Å². The topological polar surface area (TPSA) is 46.2 Å². The van der Waals surface area contributed by atoms with E-state index in [0.717, 1.165) is 18.5 Å². The van der Waals surface area contributed by atoms with Crippen LogP contribution < -0.4 is 5.32 Å². The Hall–Kier alpha value is -0.940. The van der Waals surface area contributed by atoms with Gasteiger partial charge in [-0.2, -0.15) is 0 Å².